The summed E-state index contributed by atoms with van der Waals surface area (Å²) in [5, 5.41) is 1.31. The van der Waals surface area contributed by atoms with Gasteiger partial charge < -0.3 is 9.72 Å². The van der Waals surface area contributed by atoms with E-state index in [4.69, 9.17) is 4.74 Å². The number of fused-ring (bicyclic) bond motifs is 1. The molecule has 0 saturated carbocycles. The molecule has 2 heterocycles. The normalized spacial score (nSPS) is 11.1. The highest BCUT2D eigenvalue weighted by molar-refractivity contribution is 7.99. The summed E-state index contributed by atoms with van der Waals surface area (Å²) in [5.41, 5.74) is 3.11. The van der Waals surface area contributed by atoms with Crippen LogP contribution in [0.15, 0.2) is 64.5 Å². The van der Waals surface area contributed by atoms with Gasteiger partial charge in [-0.25, -0.2) is 4.98 Å². The van der Waals surface area contributed by atoms with Crippen molar-refractivity contribution in [3.8, 4) is 16.9 Å². The fraction of sp³-hybridized carbons (Fsp3) is 0.182. The van der Waals surface area contributed by atoms with Crippen LogP contribution in [-0.4, -0.2) is 22.3 Å². The van der Waals surface area contributed by atoms with Gasteiger partial charge in [0.1, 0.15) is 10.6 Å². The SMILES string of the molecule is Cc1cccc(OCCSc2nc3sc(C)c(-c4ccccc4)c3c(=O)[nH]2)c1. The van der Waals surface area contributed by atoms with E-state index in [1.54, 1.807) is 11.3 Å². The van der Waals surface area contributed by atoms with Crippen molar-refractivity contribution in [2.45, 2.75) is 19.0 Å². The maximum absolute atomic E-state index is 12.8. The van der Waals surface area contributed by atoms with Gasteiger partial charge in [-0.1, -0.05) is 54.2 Å². The van der Waals surface area contributed by atoms with E-state index in [9.17, 15) is 4.79 Å². The van der Waals surface area contributed by atoms with Crippen molar-refractivity contribution in [1.82, 2.24) is 9.97 Å². The first-order valence-electron chi connectivity index (χ1n) is 9.03. The Kier molecular flexibility index (Phi) is 5.50. The van der Waals surface area contributed by atoms with E-state index in [0.717, 1.165) is 26.6 Å². The van der Waals surface area contributed by atoms with Crippen LogP contribution in [0.5, 0.6) is 5.75 Å². The van der Waals surface area contributed by atoms with Gasteiger partial charge in [-0.3, -0.25) is 4.79 Å². The lowest BCUT2D eigenvalue weighted by Gasteiger charge is -2.06. The molecule has 28 heavy (non-hydrogen) atoms. The second-order valence-corrected chi connectivity index (χ2v) is 8.75. The summed E-state index contributed by atoms with van der Waals surface area (Å²) >= 11 is 3.06. The third-order valence-corrected chi connectivity index (χ3v) is 6.20. The van der Waals surface area contributed by atoms with Gasteiger partial charge in [0, 0.05) is 16.2 Å². The molecule has 2 aromatic carbocycles. The lowest BCUT2D eigenvalue weighted by molar-refractivity contribution is 0.343. The number of thioether (sulfide) groups is 1. The Hall–Kier alpha value is -2.57. The van der Waals surface area contributed by atoms with Crippen LogP contribution in [0, 0.1) is 13.8 Å². The Balaban J connectivity index is 1.51. The van der Waals surface area contributed by atoms with E-state index in [1.165, 1.54) is 17.3 Å². The van der Waals surface area contributed by atoms with Gasteiger partial charge in [0.25, 0.3) is 5.56 Å². The first kappa shape index (κ1) is 18.8. The summed E-state index contributed by atoms with van der Waals surface area (Å²) in [7, 11) is 0. The van der Waals surface area contributed by atoms with E-state index in [2.05, 4.69) is 9.97 Å². The number of hydrogen-bond acceptors (Lipinski definition) is 5. The molecule has 0 radical (unpaired) electrons. The lowest BCUT2D eigenvalue weighted by Crippen LogP contribution is -2.09. The number of aromatic amines is 1. The molecule has 0 aliphatic carbocycles. The predicted octanol–water partition coefficient (Wildman–Crippen LogP) is 5.44. The van der Waals surface area contributed by atoms with E-state index in [1.807, 2.05) is 68.4 Å². The maximum atomic E-state index is 12.8. The lowest BCUT2D eigenvalue weighted by atomic mass is 10.0. The molecule has 0 fully saturated rings. The molecule has 0 bridgehead atoms. The molecule has 0 spiro atoms. The van der Waals surface area contributed by atoms with Crippen LogP contribution in [-0.2, 0) is 0 Å². The largest absolute Gasteiger partial charge is 0.493 e. The quantitative estimate of drug-likeness (QED) is 0.262. The Morgan fingerprint density at radius 2 is 1.93 bits per heavy atom. The zero-order chi connectivity index (χ0) is 19.5. The van der Waals surface area contributed by atoms with Gasteiger partial charge in [-0.2, -0.15) is 0 Å². The average molecular weight is 409 g/mol. The molecule has 0 unspecified atom stereocenters. The first-order valence-corrected chi connectivity index (χ1v) is 10.8. The van der Waals surface area contributed by atoms with Crippen LogP contribution in [0.2, 0.25) is 0 Å². The fourth-order valence-corrected chi connectivity index (χ4v) is 4.91. The minimum absolute atomic E-state index is 0.0877. The summed E-state index contributed by atoms with van der Waals surface area (Å²) in [6.07, 6.45) is 0. The van der Waals surface area contributed by atoms with Gasteiger partial charge in [0.2, 0.25) is 0 Å². The number of aryl methyl sites for hydroxylation is 2. The second kappa shape index (κ2) is 8.20. The molecule has 142 valence electrons. The Labute approximate surface area is 171 Å². The zero-order valence-corrected chi connectivity index (χ0v) is 17.3. The third kappa shape index (κ3) is 3.98. The molecular weight excluding hydrogens is 388 g/mol. The summed E-state index contributed by atoms with van der Waals surface area (Å²) in [5.74, 6) is 1.57. The van der Waals surface area contributed by atoms with E-state index in [0.29, 0.717) is 22.9 Å². The summed E-state index contributed by atoms with van der Waals surface area (Å²) in [4.78, 5) is 22.2. The van der Waals surface area contributed by atoms with Crippen molar-refractivity contribution in [2.75, 3.05) is 12.4 Å². The van der Waals surface area contributed by atoms with Gasteiger partial charge in [0.05, 0.1) is 12.0 Å². The molecule has 0 saturated heterocycles. The van der Waals surface area contributed by atoms with Crippen LogP contribution in [0.25, 0.3) is 21.3 Å². The highest BCUT2D eigenvalue weighted by Gasteiger charge is 2.16. The van der Waals surface area contributed by atoms with Crippen molar-refractivity contribution in [2.24, 2.45) is 0 Å². The molecule has 0 aliphatic heterocycles. The van der Waals surface area contributed by atoms with Gasteiger partial charge in [0.15, 0.2) is 5.16 Å². The Morgan fingerprint density at radius 3 is 2.71 bits per heavy atom. The maximum Gasteiger partial charge on any atom is 0.260 e. The summed E-state index contributed by atoms with van der Waals surface area (Å²) in [6, 6.07) is 18.0. The van der Waals surface area contributed by atoms with E-state index in [-0.39, 0.29) is 5.56 Å². The van der Waals surface area contributed by atoms with Crippen molar-refractivity contribution in [3.63, 3.8) is 0 Å². The van der Waals surface area contributed by atoms with Crippen molar-refractivity contribution in [3.05, 3.63) is 75.4 Å². The molecule has 0 aliphatic rings. The molecule has 6 heteroatoms. The number of benzene rings is 2. The third-order valence-electron chi connectivity index (χ3n) is 4.36. The number of nitrogens with zero attached hydrogens (tertiary/aromatic N) is 1. The number of H-pyrrole nitrogens is 1. The number of ether oxygens (including phenoxy) is 1. The van der Waals surface area contributed by atoms with Gasteiger partial charge in [-0.05, 0) is 37.1 Å². The van der Waals surface area contributed by atoms with Crippen molar-refractivity contribution >= 4 is 33.3 Å². The minimum Gasteiger partial charge on any atom is -0.493 e. The Bertz CT molecular complexity index is 1170. The Morgan fingerprint density at radius 1 is 1.11 bits per heavy atom. The van der Waals surface area contributed by atoms with Crippen LogP contribution in [0.1, 0.15) is 10.4 Å². The smallest absolute Gasteiger partial charge is 0.260 e. The van der Waals surface area contributed by atoms with Crippen LogP contribution >= 0.6 is 23.1 Å². The molecule has 4 aromatic rings. The fourth-order valence-electron chi connectivity index (χ4n) is 3.12. The highest BCUT2D eigenvalue weighted by Crippen LogP contribution is 2.35. The predicted molar refractivity (Wildman–Crippen MR) is 118 cm³/mol. The number of thiophene rings is 1. The number of rotatable bonds is 6. The molecular formula is C22H20N2O2S2. The second-order valence-electron chi connectivity index (χ2n) is 6.46. The molecule has 0 atom stereocenters. The van der Waals surface area contributed by atoms with Crippen LogP contribution in [0.3, 0.4) is 0 Å². The minimum atomic E-state index is -0.0877. The standard InChI is InChI=1S/C22H20N2O2S2/c1-14-7-6-10-17(13-14)26-11-12-27-22-23-20(25)19-18(15(2)28-21(19)24-22)16-8-4-3-5-9-16/h3-10,13H,11-12H2,1-2H3,(H,23,24,25). The molecule has 0 amide bonds. The average Bonchev–Trinajstić information content (AvgIpc) is 3.02. The summed E-state index contributed by atoms with van der Waals surface area (Å²) < 4.78 is 5.77. The number of nitrogens with one attached hydrogen (secondary N) is 1. The molecule has 4 rings (SSSR count). The molecule has 2 aromatic heterocycles. The van der Waals surface area contributed by atoms with E-state index < -0.39 is 0 Å². The van der Waals surface area contributed by atoms with Crippen LogP contribution in [0.4, 0.5) is 0 Å². The first-order chi connectivity index (χ1) is 13.6. The number of hydrogen-bond donors (Lipinski definition) is 1. The van der Waals surface area contributed by atoms with E-state index >= 15 is 0 Å². The zero-order valence-electron chi connectivity index (χ0n) is 15.7. The van der Waals surface area contributed by atoms with Gasteiger partial charge >= 0.3 is 0 Å². The van der Waals surface area contributed by atoms with Gasteiger partial charge in [-0.15, -0.1) is 11.3 Å². The molecule has 1 N–H and O–H groups in total. The number of aromatic nitrogens is 2. The van der Waals surface area contributed by atoms with Crippen molar-refractivity contribution < 1.29 is 4.74 Å². The van der Waals surface area contributed by atoms with Crippen LogP contribution < -0.4 is 10.3 Å². The highest BCUT2D eigenvalue weighted by atomic mass is 32.2. The topological polar surface area (TPSA) is 55.0 Å². The summed E-state index contributed by atoms with van der Waals surface area (Å²) in [6.45, 7) is 4.63. The van der Waals surface area contributed by atoms with Crippen molar-refractivity contribution in [1.29, 1.82) is 0 Å². The molecule has 4 nitrogen and oxygen atoms in total. The monoisotopic (exact) mass is 408 g/mol.